The number of hydrogen-bond donors (Lipinski definition) is 1. The Kier molecular flexibility index (Phi) is 6.21. The van der Waals surface area contributed by atoms with Gasteiger partial charge in [0, 0.05) is 10.6 Å². The van der Waals surface area contributed by atoms with E-state index in [2.05, 4.69) is 10.3 Å². The average molecular weight is 435 g/mol. The Morgan fingerprint density at radius 3 is 2.60 bits per heavy atom. The van der Waals surface area contributed by atoms with Crippen molar-refractivity contribution < 1.29 is 9.53 Å². The molecule has 30 heavy (non-hydrogen) atoms. The molecule has 1 saturated heterocycles. The van der Waals surface area contributed by atoms with E-state index in [-0.39, 0.29) is 5.91 Å². The van der Waals surface area contributed by atoms with Gasteiger partial charge in [-0.05, 0) is 60.7 Å². The molecule has 1 heterocycles. The number of carbonyl (C=O) groups is 1. The normalized spacial score (nSPS) is 16.1. The van der Waals surface area contributed by atoms with E-state index in [9.17, 15) is 4.79 Å². The molecule has 0 spiro atoms. The lowest BCUT2D eigenvalue weighted by molar-refractivity contribution is -0.115. The van der Waals surface area contributed by atoms with Gasteiger partial charge in [-0.2, -0.15) is 0 Å². The number of aliphatic imine (C=N–C) groups is 1. The van der Waals surface area contributed by atoms with Crippen LogP contribution < -0.4 is 10.1 Å². The van der Waals surface area contributed by atoms with E-state index < -0.39 is 0 Å². The van der Waals surface area contributed by atoms with Crippen LogP contribution in [0, 0.1) is 6.92 Å². The summed E-state index contributed by atoms with van der Waals surface area (Å²) in [5, 5.41) is 3.93. The highest BCUT2D eigenvalue weighted by molar-refractivity contribution is 8.18. The van der Waals surface area contributed by atoms with Crippen LogP contribution in [-0.2, 0) is 11.4 Å². The van der Waals surface area contributed by atoms with Crippen LogP contribution in [0.4, 0.5) is 5.69 Å². The lowest BCUT2D eigenvalue weighted by Crippen LogP contribution is -2.19. The first-order valence-electron chi connectivity index (χ1n) is 9.39. The van der Waals surface area contributed by atoms with Crippen molar-refractivity contribution in [1.82, 2.24) is 5.32 Å². The van der Waals surface area contributed by atoms with Crippen LogP contribution in [0.2, 0.25) is 5.02 Å². The minimum atomic E-state index is -0.195. The van der Waals surface area contributed by atoms with E-state index in [1.807, 2.05) is 67.6 Å². The third kappa shape index (κ3) is 5.12. The fraction of sp³-hybridized carbons (Fsp3) is 0.0833. The molecular formula is C24H19ClN2O2S. The highest BCUT2D eigenvalue weighted by Crippen LogP contribution is 2.32. The standard InChI is InChI=1S/C24H19ClN2O2S/c1-16-7-10-20(11-8-16)26-24-27-23(28)22(30-24)14-18-13-19(25)9-12-21(18)29-15-17-5-3-2-4-6-17/h2-14H,15H2,1H3,(H,26,27,28)/b22-14-. The van der Waals surface area contributed by atoms with Crippen LogP contribution in [0.5, 0.6) is 5.75 Å². The zero-order chi connectivity index (χ0) is 20.9. The number of ether oxygens (including phenoxy) is 1. The van der Waals surface area contributed by atoms with Crippen LogP contribution in [-0.4, -0.2) is 11.1 Å². The summed E-state index contributed by atoms with van der Waals surface area (Å²) >= 11 is 7.48. The minimum absolute atomic E-state index is 0.195. The highest BCUT2D eigenvalue weighted by Gasteiger charge is 2.24. The number of hydrogen-bond acceptors (Lipinski definition) is 4. The van der Waals surface area contributed by atoms with Gasteiger partial charge in [-0.1, -0.05) is 59.6 Å². The minimum Gasteiger partial charge on any atom is -0.488 e. The van der Waals surface area contributed by atoms with Gasteiger partial charge in [-0.3, -0.25) is 4.79 Å². The maximum absolute atomic E-state index is 12.5. The molecule has 1 N–H and O–H groups in total. The highest BCUT2D eigenvalue weighted by atomic mass is 35.5. The summed E-state index contributed by atoms with van der Waals surface area (Å²) in [4.78, 5) is 17.5. The molecule has 0 aliphatic carbocycles. The molecule has 0 radical (unpaired) electrons. The van der Waals surface area contributed by atoms with Crippen molar-refractivity contribution >= 4 is 46.2 Å². The molecule has 4 nitrogen and oxygen atoms in total. The number of nitrogens with zero attached hydrogens (tertiary/aromatic N) is 1. The van der Waals surface area contributed by atoms with Gasteiger partial charge >= 0.3 is 0 Å². The molecule has 4 rings (SSSR count). The van der Waals surface area contributed by atoms with Crippen LogP contribution in [0.15, 0.2) is 82.7 Å². The first kappa shape index (κ1) is 20.3. The molecule has 3 aromatic rings. The Morgan fingerprint density at radius 1 is 1.07 bits per heavy atom. The van der Waals surface area contributed by atoms with E-state index >= 15 is 0 Å². The second-order valence-corrected chi connectivity index (χ2v) is 8.24. The fourth-order valence-corrected chi connectivity index (χ4v) is 3.87. The van der Waals surface area contributed by atoms with Gasteiger partial charge in [0.1, 0.15) is 12.4 Å². The SMILES string of the molecule is Cc1ccc(N=C2NC(=O)/C(=C/c3cc(Cl)ccc3OCc3ccccc3)S2)cc1. The molecule has 0 unspecified atom stereocenters. The van der Waals surface area contributed by atoms with Crippen molar-refractivity contribution in [1.29, 1.82) is 0 Å². The van der Waals surface area contributed by atoms with Gasteiger partial charge in [0.15, 0.2) is 5.17 Å². The van der Waals surface area contributed by atoms with Gasteiger partial charge in [-0.15, -0.1) is 0 Å². The molecule has 0 saturated carbocycles. The van der Waals surface area contributed by atoms with E-state index in [1.165, 1.54) is 11.8 Å². The predicted octanol–water partition coefficient (Wildman–Crippen LogP) is 6.12. The number of carbonyl (C=O) groups excluding carboxylic acids is 1. The molecule has 1 fully saturated rings. The van der Waals surface area contributed by atoms with Gasteiger partial charge in [0.05, 0.1) is 10.6 Å². The first-order chi connectivity index (χ1) is 14.6. The first-order valence-corrected chi connectivity index (χ1v) is 10.6. The molecule has 1 amide bonds. The molecule has 1 aliphatic heterocycles. The number of thioether (sulfide) groups is 1. The molecule has 1 aliphatic rings. The van der Waals surface area contributed by atoms with Crippen LogP contribution in [0.3, 0.4) is 0 Å². The monoisotopic (exact) mass is 434 g/mol. The number of halogens is 1. The van der Waals surface area contributed by atoms with Crippen molar-refractivity contribution in [2.75, 3.05) is 0 Å². The molecule has 150 valence electrons. The number of nitrogens with one attached hydrogen (secondary N) is 1. The van der Waals surface area contributed by atoms with Crippen LogP contribution in [0.1, 0.15) is 16.7 Å². The van der Waals surface area contributed by atoms with Gasteiger partial charge < -0.3 is 10.1 Å². The summed E-state index contributed by atoms with van der Waals surface area (Å²) in [6.07, 6.45) is 1.78. The Labute approximate surface area is 184 Å². The number of aryl methyl sites for hydroxylation is 1. The summed E-state index contributed by atoms with van der Waals surface area (Å²) in [6.45, 7) is 2.45. The molecule has 3 aromatic carbocycles. The van der Waals surface area contributed by atoms with E-state index in [0.717, 1.165) is 22.4 Å². The quantitative estimate of drug-likeness (QED) is 0.492. The zero-order valence-corrected chi connectivity index (χ0v) is 17.8. The van der Waals surface area contributed by atoms with Gasteiger partial charge in [-0.25, -0.2) is 4.99 Å². The Morgan fingerprint density at radius 2 is 1.83 bits per heavy atom. The number of amidine groups is 1. The molecule has 6 heteroatoms. The second kappa shape index (κ2) is 9.20. The average Bonchev–Trinajstić information content (AvgIpc) is 3.08. The zero-order valence-electron chi connectivity index (χ0n) is 16.3. The van der Waals surface area contributed by atoms with Crippen molar-refractivity contribution in [3.05, 3.63) is 99.4 Å². The largest absolute Gasteiger partial charge is 0.488 e. The Bertz CT molecular complexity index is 1130. The van der Waals surface area contributed by atoms with Crippen molar-refractivity contribution in [2.24, 2.45) is 4.99 Å². The molecular weight excluding hydrogens is 416 g/mol. The second-order valence-electron chi connectivity index (χ2n) is 6.77. The summed E-state index contributed by atoms with van der Waals surface area (Å²) < 4.78 is 5.98. The lowest BCUT2D eigenvalue weighted by atomic mass is 10.1. The number of benzene rings is 3. The van der Waals surface area contributed by atoms with E-state index in [4.69, 9.17) is 16.3 Å². The third-order valence-electron chi connectivity index (χ3n) is 4.41. The summed E-state index contributed by atoms with van der Waals surface area (Å²) in [5.41, 5.74) is 3.75. The summed E-state index contributed by atoms with van der Waals surface area (Å²) in [5.74, 6) is 0.466. The van der Waals surface area contributed by atoms with E-state index in [1.54, 1.807) is 18.2 Å². The van der Waals surface area contributed by atoms with E-state index in [0.29, 0.717) is 27.5 Å². The van der Waals surface area contributed by atoms with Gasteiger partial charge in [0.2, 0.25) is 0 Å². The third-order valence-corrected chi connectivity index (χ3v) is 5.56. The molecule has 0 bridgehead atoms. The maximum atomic E-state index is 12.5. The fourth-order valence-electron chi connectivity index (χ4n) is 2.86. The predicted molar refractivity (Wildman–Crippen MR) is 124 cm³/mol. The number of amides is 1. The van der Waals surface area contributed by atoms with Crippen molar-refractivity contribution in [3.63, 3.8) is 0 Å². The van der Waals surface area contributed by atoms with Crippen molar-refractivity contribution in [2.45, 2.75) is 13.5 Å². The summed E-state index contributed by atoms with van der Waals surface area (Å²) in [6, 6.07) is 23.1. The van der Waals surface area contributed by atoms with Gasteiger partial charge in [0.25, 0.3) is 5.91 Å². The maximum Gasteiger partial charge on any atom is 0.264 e. The van der Waals surface area contributed by atoms with Crippen molar-refractivity contribution in [3.8, 4) is 5.75 Å². The topological polar surface area (TPSA) is 50.7 Å². The summed E-state index contributed by atoms with van der Waals surface area (Å²) in [7, 11) is 0. The Balaban J connectivity index is 1.55. The lowest BCUT2D eigenvalue weighted by Gasteiger charge is -2.10. The molecule has 0 atom stereocenters. The Hall–Kier alpha value is -3.02. The van der Waals surface area contributed by atoms with Crippen LogP contribution in [0.25, 0.3) is 6.08 Å². The smallest absolute Gasteiger partial charge is 0.264 e. The number of rotatable bonds is 5. The molecule has 0 aromatic heterocycles. The van der Waals surface area contributed by atoms with Crippen LogP contribution >= 0.6 is 23.4 Å².